The maximum Gasteiger partial charge on any atom is 0.229 e. The van der Waals surface area contributed by atoms with Gasteiger partial charge in [-0.25, -0.2) is 13.4 Å². The van der Waals surface area contributed by atoms with Gasteiger partial charge in [-0.1, -0.05) is 11.3 Å². The van der Waals surface area contributed by atoms with E-state index in [2.05, 4.69) is 4.98 Å². The summed E-state index contributed by atoms with van der Waals surface area (Å²) >= 11 is 1.41. The van der Waals surface area contributed by atoms with Crippen molar-refractivity contribution >= 4 is 42.4 Å². The number of carbonyl (C=O) groups is 1. The zero-order chi connectivity index (χ0) is 16.2. The van der Waals surface area contributed by atoms with Gasteiger partial charge in [0.2, 0.25) is 5.91 Å². The molecule has 0 bridgehead atoms. The van der Waals surface area contributed by atoms with Gasteiger partial charge in [0.1, 0.15) is 5.75 Å². The third-order valence-corrected chi connectivity index (χ3v) is 7.14. The Kier molecular flexibility index (Phi) is 3.35. The minimum atomic E-state index is -3.05. The Morgan fingerprint density at radius 2 is 2.22 bits per heavy atom. The quantitative estimate of drug-likeness (QED) is 0.842. The van der Waals surface area contributed by atoms with Crippen LogP contribution in [0, 0.1) is 5.92 Å². The van der Waals surface area contributed by atoms with Crippen LogP contribution in [0.5, 0.6) is 5.75 Å². The molecule has 0 N–H and O–H groups in total. The zero-order valence-electron chi connectivity index (χ0n) is 12.6. The summed E-state index contributed by atoms with van der Waals surface area (Å²) in [7, 11) is -3.05. The molecule has 3 heterocycles. The van der Waals surface area contributed by atoms with Gasteiger partial charge in [0.05, 0.1) is 34.4 Å². The third kappa shape index (κ3) is 2.49. The van der Waals surface area contributed by atoms with Crippen molar-refractivity contribution in [2.75, 3.05) is 23.0 Å². The number of nitrogens with zero attached hydrogens (tertiary/aromatic N) is 2. The molecule has 2 saturated heterocycles. The number of amides is 1. The van der Waals surface area contributed by atoms with E-state index in [1.54, 1.807) is 4.90 Å². The maximum atomic E-state index is 12.3. The van der Waals surface area contributed by atoms with Crippen molar-refractivity contribution in [2.45, 2.75) is 19.4 Å². The number of hydrogen-bond donors (Lipinski definition) is 0. The fourth-order valence-electron chi connectivity index (χ4n) is 3.39. The molecule has 2 unspecified atom stereocenters. The molecule has 8 heteroatoms. The summed E-state index contributed by atoms with van der Waals surface area (Å²) in [6.45, 7) is 2.51. The van der Waals surface area contributed by atoms with Crippen LogP contribution in [0.4, 0.5) is 5.13 Å². The van der Waals surface area contributed by atoms with Crippen molar-refractivity contribution in [2.24, 2.45) is 5.92 Å². The van der Waals surface area contributed by atoms with Gasteiger partial charge in [-0.2, -0.15) is 0 Å². The van der Waals surface area contributed by atoms with Gasteiger partial charge in [0.25, 0.3) is 0 Å². The van der Waals surface area contributed by atoms with Crippen LogP contribution in [0.1, 0.15) is 13.3 Å². The number of ether oxygens (including phenoxy) is 1. The van der Waals surface area contributed by atoms with Gasteiger partial charge in [-0.05, 0) is 25.1 Å². The molecular formula is C15H16N2O4S2. The monoisotopic (exact) mass is 352 g/mol. The van der Waals surface area contributed by atoms with Crippen LogP contribution in [0.2, 0.25) is 0 Å². The van der Waals surface area contributed by atoms with Gasteiger partial charge in [-0.15, -0.1) is 0 Å². The molecule has 4 rings (SSSR count). The molecule has 2 aliphatic heterocycles. The van der Waals surface area contributed by atoms with Crippen LogP contribution in [-0.2, 0) is 14.6 Å². The first-order valence-corrected chi connectivity index (χ1v) is 10.2. The molecule has 2 fully saturated rings. The highest BCUT2D eigenvalue weighted by molar-refractivity contribution is 7.91. The van der Waals surface area contributed by atoms with Crippen molar-refractivity contribution in [3.8, 4) is 5.75 Å². The van der Waals surface area contributed by atoms with Gasteiger partial charge in [0.15, 0.2) is 15.0 Å². The van der Waals surface area contributed by atoms with Crippen LogP contribution in [0.15, 0.2) is 18.2 Å². The minimum Gasteiger partial charge on any atom is -0.494 e. The van der Waals surface area contributed by atoms with Crippen LogP contribution < -0.4 is 9.64 Å². The highest BCUT2D eigenvalue weighted by Gasteiger charge is 2.50. The van der Waals surface area contributed by atoms with Crippen molar-refractivity contribution < 1.29 is 17.9 Å². The van der Waals surface area contributed by atoms with Gasteiger partial charge in [-0.3, -0.25) is 9.69 Å². The van der Waals surface area contributed by atoms with Crippen molar-refractivity contribution in [1.82, 2.24) is 4.98 Å². The first-order chi connectivity index (χ1) is 11.0. The average molecular weight is 352 g/mol. The largest absolute Gasteiger partial charge is 0.494 e. The Morgan fingerprint density at radius 1 is 1.39 bits per heavy atom. The fourth-order valence-corrected chi connectivity index (χ4v) is 6.53. The van der Waals surface area contributed by atoms with Crippen LogP contribution in [0.3, 0.4) is 0 Å². The smallest absolute Gasteiger partial charge is 0.229 e. The van der Waals surface area contributed by atoms with E-state index in [0.717, 1.165) is 16.0 Å². The number of rotatable bonds is 3. The second kappa shape index (κ2) is 5.17. The number of sulfone groups is 1. The molecule has 23 heavy (non-hydrogen) atoms. The Labute approximate surface area is 138 Å². The molecule has 1 aromatic carbocycles. The van der Waals surface area contributed by atoms with Gasteiger partial charge in [0, 0.05) is 12.3 Å². The summed E-state index contributed by atoms with van der Waals surface area (Å²) in [5.74, 6) is 0.796. The average Bonchev–Trinajstić information content (AvgIpc) is 3.07. The van der Waals surface area contributed by atoms with Crippen LogP contribution in [0.25, 0.3) is 10.2 Å². The first-order valence-electron chi connectivity index (χ1n) is 7.53. The fraction of sp³-hybridized carbons (Fsp3) is 0.467. The Hall–Kier alpha value is -1.67. The summed E-state index contributed by atoms with van der Waals surface area (Å²) in [6.07, 6.45) is 0.296. The number of anilines is 1. The number of hydrogen-bond acceptors (Lipinski definition) is 6. The lowest BCUT2D eigenvalue weighted by Gasteiger charge is -2.19. The standard InChI is InChI=1S/C15H16N2O4S2/c1-2-21-10-3-4-11-13(6-10)22-15(16-11)17-12-8-23(19,20)7-9(12)5-14(17)18/h3-4,6,9,12H,2,5,7-8H2,1H3. The molecule has 0 aliphatic carbocycles. The summed E-state index contributed by atoms with van der Waals surface area (Å²) in [5, 5.41) is 0.586. The number of thiazole rings is 1. The molecule has 0 saturated carbocycles. The third-order valence-electron chi connectivity index (χ3n) is 4.34. The summed E-state index contributed by atoms with van der Waals surface area (Å²) in [4.78, 5) is 18.4. The second-order valence-corrected chi connectivity index (χ2v) is 9.09. The van der Waals surface area contributed by atoms with E-state index in [9.17, 15) is 13.2 Å². The molecule has 1 aromatic heterocycles. The predicted octanol–water partition coefficient (Wildman–Crippen LogP) is 1.84. The lowest BCUT2D eigenvalue weighted by atomic mass is 10.1. The molecule has 1 amide bonds. The molecule has 122 valence electrons. The Morgan fingerprint density at radius 3 is 3.00 bits per heavy atom. The number of benzene rings is 1. The van der Waals surface area contributed by atoms with Crippen LogP contribution >= 0.6 is 11.3 Å². The van der Waals surface area contributed by atoms with Crippen LogP contribution in [-0.4, -0.2) is 43.5 Å². The molecule has 2 atom stereocenters. The summed E-state index contributed by atoms with van der Waals surface area (Å²) in [6, 6.07) is 5.36. The van der Waals surface area contributed by atoms with Gasteiger partial charge >= 0.3 is 0 Å². The Balaban J connectivity index is 1.72. The predicted molar refractivity (Wildman–Crippen MR) is 88.8 cm³/mol. The molecule has 0 spiro atoms. The molecule has 2 aliphatic rings. The van der Waals surface area contributed by atoms with E-state index < -0.39 is 9.84 Å². The zero-order valence-corrected chi connectivity index (χ0v) is 14.2. The van der Waals surface area contributed by atoms with E-state index in [1.165, 1.54) is 11.3 Å². The molecule has 2 aromatic rings. The van der Waals surface area contributed by atoms with E-state index in [0.29, 0.717) is 18.2 Å². The number of carbonyl (C=O) groups excluding carboxylic acids is 1. The second-order valence-electron chi connectivity index (χ2n) is 5.93. The van der Waals surface area contributed by atoms with Crippen molar-refractivity contribution in [3.05, 3.63) is 18.2 Å². The normalized spacial score (nSPS) is 26.0. The van der Waals surface area contributed by atoms with E-state index in [1.807, 2.05) is 25.1 Å². The van der Waals surface area contributed by atoms with Gasteiger partial charge < -0.3 is 4.74 Å². The van der Waals surface area contributed by atoms with E-state index in [4.69, 9.17) is 4.74 Å². The topological polar surface area (TPSA) is 76.6 Å². The summed E-state index contributed by atoms with van der Waals surface area (Å²) in [5.41, 5.74) is 0.797. The molecule has 0 radical (unpaired) electrons. The SMILES string of the molecule is CCOc1ccc2nc(N3C(=O)CC4CS(=O)(=O)CC43)sc2c1. The van der Waals surface area contributed by atoms with E-state index in [-0.39, 0.29) is 29.4 Å². The lowest BCUT2D eigenvalue weighted by molar-refractivity contribution is -0.117. The Bertz CT molecular complexity index is 890. The highest BCUT2D eigenvalue weighted by Crippen LogP contribution is 2.40. The summed E-state index contributed by atoms with van der Waals surface area (Å²) < 4.78 is 30.1. The van der Waals surface area contributed by atoms with E-state index >= 15 is 0 Å². The number of aromatic nitrogens is 1. The number of fused-ring (bicyclic) bond motifs is 2. The molecule has 6 nitrogen and oxygen atoms in total. The first kappa shape index (κ1) is 14.9. The lowest BCUT2D eigenvalue weighted by Crippen LogP contribution is -2.36. The molecular weight excluding hydrogens is 336 g/mol. The van der Waals surface area contributed by atoms with Crippen molar-refractivity contribution in [1.29, 1.82) is 0 Å². The highest BCUT2D eigenvalue weighted by atomic mass is 32.2. The maximum absolute atomic E-state index is 12.3. The van der Waals surface area contributed by atoms with Crippen molar-refractivity contribution in [3.63, 3.8) is 0 Å². The minimum absolute atomic E-state index is 0.0287.